The third-order valence-electron chi connectivity index (χ3n) is 7.85. The number of nitrogens with one attached hydrogen (secondary N) is 1. The van der Waals surface area contributed by atoms with Gasteiger partial charge in [0.15, 0.2) is 6.61 Å². The molecule has 0 saturated carbocycles. The maximum Gasteiger partial charge on any atom is 0.326 e. The zero-order valence-corrected chi connectivity index (χ0v) is 20.6. The molecular weight excluding hydrogens is 468 g/mol. The van der Waals surface area contributed by atoms with Crippen molar-refractivity contribution in [2.75, 3.05) is 18.5 Å². The van der Waals surface area contributed by atoms with Gasteiger partial charge in [-0.3, -0.25) is 24.1 Å². The first kappa shape index (κ1) is 23.2. The number of ether oxygens (including phenoxy) is 1. The van der Waals surface area contributed by atoms with Crippen LogP contribution in [0.4, 0.5) is 5.69 Å². The molecule has 3 aliphatic carbocycles. The predicted octanol–water partition coefficient (Wildman–Crippen LogP) is 3.68. The summed E-state index contributed by atoms with van der Waals surface area (Å²) >= 11 is 0. The lowest BCUT2D eigenvalue weighted by Crippen LogP contribution is -2.41. The van der Waals surface area contributed by atoms with Gasteiger partial charge in [0, 0.05) is 17.5 Å². The summed E-state index contributed by atoms with van der Waals surface area (Å²) in [6.45, 7) is 2.83. The number of carbonyl (C=O) groups is 4. The van der Waals surface area contributed by atoms with Crippen LogP contribution in [0.1, 0.15) is 45.2 Å². The average Bonchev–Trinajstić information content (AvgIpc) is 3.14. The Hall–Kier alpha value is -4.26. The highest BCUT2D eigenvalue weighted by molar-refractivity contribution is 6.09. The molecule has 3 aromatic rings. The van der Waals surface area contributed by atoms with Crippen LogP contribution in [0.15, 0.2) is 66.7 Å². The van der Waals surface area contributed by atoms with Crippen LogP contribution in [-0.2, 0) is 23.9 Å². The van der Waals surface area contributed by atoms with E-state index in [4.69, 9.17) is 4.74 Å². The molecule has 1 N–H and O–H groups in total. The smallest absolute Gasteiger partial charge is 0.326 e. The van der Waals surface area contributed by atoms with Gasteiger partial charge in [-0.25, -0.2) is 0 Å². The van der Waals surface area contributed by atoms with E-state index in [0.29, 0.717) is 5.69 Å². The Morgan fingerprint density at radius 1 is 0.811 bits per heavy atom. The number of amides is 3. The quantitative estimate of drug-likeness (QED) is 0.432. The number of anilines is 1. The van der Waals surface area contributed by atoms with Gasteiger partial charge < -0.3 is 10.1 Å². The fourth-order valence-corrected chi connectivity index (χ4v) is 6.36. The summed E-state index contributed by atoms with van der Waals surface area (Å²) in [5.74, 6) is -3.57. The minimum Gasteiger partial charge on any atom is -0.454 e. The molecule has 37 heavy (non-hydrogen) atoms. The van der Waals surface area contributed by atoms with Gasteiger partial charge >= 0.3 is 5.97 Å². The van der Waals surface area contributed by atoms with Gasteiger partial charge in [0.05, 0.1) is 11.8 Å². The lowest BCUT2D eigenvalue weighted by atomic mass is 9.55. The van der Waals surface area contributed by atoms with Crippen molar-refractivity contribution in [1.29, 1.82) is 0 Å². The Bertz CT molecular complexity index is 1360. The summed E-state index contributed by atoms with van der Waals surface area (Å²) < 4.78 is 5.15. The first-order valence-corrected chi connectivity index (χ1v) is 12.4. The molecule has 7 heteroatoms. The van der Waals surface area contributed by atoms with E-state index in [2.05, 4.69) is 5.32 Å². The van der Waals surface area contributed by atoms with Crippen LogP contribution in [0.3, 0.4) is 0 Å². The topological polar surface area (TPSA) is 92.8 Å². The van der Waals surface area contributed by atoms with Crippen molar-refractivity contribution in [1.82, 2.24) is 4.90 Å². The molecule has 0 spiro atoms. The molecule has 1 aliphatic heterocycles. The Morgan fingerprint density at radius 2 is 1.32 bits per heavy atom. The van der Waals surface area contributed by atoms with Gasteiger partial charge in [-0.1, -0.05) is 66.2 Å². The van der Waals surface area contributed by atoms with Crippen molar-refractivity contribution in [2.45, 2.75) is 25.7 Å². The van der Waals surface area contributed by atoms with Gasteiger partial charge in [0.1, 0.15) is 6.54 Å². The Morgan fingerprint density at radius 3 is 1.81 bits per heavy atom. The molecule has 3 amide bonds. The molecule has 0 unspecified atom stereocenters. The fourth-order valence-electron chi connectivity index (χ4n) is 6.36. The number of esters is 1. The third-order valence-corrected chi connectivity index (χ3v) is 7.85. The SMILES string of the molecule is Cc1ccc(NC(=O)COC(=O)CN2C(=O)[C@@H]3C4c5ccccc5C(c5ccccc54)[C@H]3C2=O)c(C)c1. The monoisotopic (exact) mass is 494 g/mol. The van der Waals surface area contributed by atoms with Gasteiger partial charge in [-0.15, -0.1) is 0 Å². The number of carbonyl (C=O) groups excluding carboxylic acids is 4. The van der Waals surface area contributed by atoms with Crippen LogP contribution in [-0.4, -0.2) is 41.7 Å². The van der Waals surface area contributed by atoms with E-state index in [0.717, 1.165) is 38.3 Å². The van der Waals surface area contributed by atoms with Crippen LogP contribution in [0, 0.1) is 25.7 Å². The van der Waals surface area contributed by atoms with E-state index in [9.17, 15) is 19.2 Å². The zero-order chi connectivity index (χ0) is 25.8. The maximum atomic E-state index is 13.6. The first-order chi connectivity index (χ1) is 17.8. The number of benzene rings is 3. The third kappa shape index (κ3) is 3.65. The van der Waals surface area contributed by atoms with Crippen LogP contribution in [0.5, 0.6) is 0 Å². The van der Waals surface area contributed by atoms with Crippen LogP contribution in [0.25, 0.3) is 0 Å². The Labute approximate surface area is 214 Å². The molecule has 4 aliphatic rings. The number of aryl methyl sites for hydroxylation is 2. The summed E-state index contributed by atoms with van der Waals surface area (Å²) in [5, 5.41) is 2.72. The molecule has 1 saturated heterocycles. The lowest BCUT2D eigenvalue weighted by molar-refractivity contribution is -0.154. The molecule has 7 nitrogen and oxygen atoms in total. The van der Waals surface area contributed by atoms with Crippen LogP contribution < -0.4 is 5.32 Å². The molecule has 1 fully saturated rings. The van der Waals surface area contributed by atoms with E-state index in [1.54, 1.807) is 6.07 Å². The molecule has 0 radical (unpaired) electrons. The molecule has 186 valence electrons. The van der Waals surface area contributed by atoms with Gasteiger partial charge in [0.25, 0.3) is 5.91 Å². The second-order valence-corrected chi connectivity index (χ2v) is 10.1. The van der Waals surface area contributed by atoms with Crippen molar-refractivity contribution in [2.24, 2.45) is 11.8 Å². The molecule has 2 atom stereocenters. The van der Waals surface area contributed by atoms with Crippen molar-refractivity contribution in [3.05, 3.63) is 100 Å². The molecule has 0 aromatic heterocycles. The maximum absolute atomic E-state index is 13.6. The largest absolute Gasteiger partial charge is 0.454 e. The van der Waals surface area contributed by atoms with Crippen molar-refractivity contribution < 1.29 is 23.9 Å². The first-order valence-electron chi connectivity index (χ1n) is 12.4. The normalized spacial score (nSPS) is 22.8. The summed E-state index contributed by atoms with van der Waals surface area (Å²) in [5.41, 5.74) is 6.88. The highest BCUT2D eigenvalue weighted by Crippen LogP contribution is 2.60. The van der Waals surface area contributed by atoms with Crippen LogP contribution in [0.2, 0.25) is 0 Å². The minimum atomic E-state index is -0.793. The average molecular weight is 495 g/mol. The number of hydrogen-bond donors (Lipinski definition) is 1. The zero-order valence-electron chi connectivity index (χ0n) is 20.6. The number of hydrogen-bond acceptors (Lipinski definition) is 5. The van der Waals surface area contributed by atoms with Gasteiger partial charge in [0.2, 0.25) is 11.8 Å². The molecular formula is C30H26N2O5. The van der Waals surface area contributed by atoms with E-state index in [-0.39, 0.29) is 23.7 Å². The number of imide groups is 1. The van der Waals surface area contributed by atoms with Gasteiger partial charge in [-0.05, 0) is 47.7 Å². The summed E-state index contributed by atoms with van der Waals surface area (Å²) in [4.78, 5) is 53.1. The minimum absolute atomic E-state index is 0.233. The second kappa shape index (κ2) is 8.69. The molecule has 2 bridgehead atoms. The Kier molecular flexibility index (Phi) is 5.44. The highest BCUT2D eigenvalue weighted by atomic mass is 16.5. The van der Waals surface area contributed by atoms with E-state index in [1.807, 2.05) is 74.5 Å². The summed E-state index contributed by atoms with van der Waals surface area (Å²) in [7, 11) is 0. The van der Waals surface area contributed by atoms with Crippen LogP contribution >= 0.6 is 0 Å². The van der Waals surface area contributed by atoms with Gasteiger partial charge in [-0.2, -0.15) is 0 Å². The fraction of sp³-hybridized carbons (Fsp3) is 0.267. The number of nitrogens with zero attached hydrogens (tertiary/aromatic N) is 1. The van der Waals surface area contributed by atoms with E-state index in [1.165, 1.54) is 0 Å². The van der Waals surface area contributed by atoms with Crippen molar-refractivity contribution >= 4 is 29.4 Å². The summed E-state index contributed by atoms with van der Waals surface area (Å²) in [6, 6.07) is 21.5. The molecule has 7 rings (SSSR count). The lowest BCUT2D eigenvalue weighted by Gasteiger charge is -2.45. The number of likely N-dealkylation sites (tertiary alicyclic amines) is 1. The summed E-state index contributed by atoms with van der Waals surface area (Å²) in [6.07, 6.45) is 0. The predicted molar refractivity (Wildman–Crippen MR) is 136 cm³/mol. The number of rotatable bonds is 5. The van der Waals surface area contributed by atoms with Crippen molar-refractivity contribution in [3.8, 4) is 0 Å². The standard InChI is InChI=1S/C30H26N2O5/c1-16-11-12-22(17(2)13-16)31-23(33)15-37-24(34)14-32-29(35)27-25-18-7-3-4-8-19(18)26(28(27)30(32)36)21-10-6-5-9-20(21)25/h3-13,25-28H,14-15H2,1-2H3,(H,31,33)/t25?,26?,27-,28-/m1/s1. The van der Waals surface area contributed by atoms with Crippen molar-refractivity contribution in [3.63, 3.8) is 0 Å². The second-order valence-electron chi connectivity index (χ2n) is 10.1. The molecule has 1 heterocycles. The van der Waals surface area contributed by atoms with E-state index < -0.39 is 36.9 Å². The highest BCUT2D eigenvalue weighted by Gasteiger charge is 2.61. The molecule has 3 aromatic carbocycles. The Balaban J connectivity index is 1.18. The van der Waals surface area contributed by atoms with E-state index >= 15 is 0 Å².